The van der Waals surface area contributed by atoms with Gasteiger partial charge >= 0.3 is 0 Å². The Morgan fingerprint density at radius 1 is 0.635 bits per heavy atom. The van der Waals surface area contributed by atoms with Crippen LogP contribution in [0.4, 0.5) is 0 Å². The van der Waals surface area contributed by atoms with E-state index in [0.29, 0.717) is 24.7 Å². The van der Waals surface area contributed by atoms with E-state index in [1.54, 1.807) is 30.3 Å². The summed E-state index contributed by atoms with van der Waals surface area (Å²) in [7, 11) is 0. The number of ether oxygens (including phenoxy) is 4. The highest BCUT2D eigenvalue weighted by atomic mass is 16.6. The van der Waals surface area contributed by atoms with Crippen molar-refractivity contribution in [1.82, 2.24) is 0 Å². The lowest BCUT2D eigenvalue weighted by atomic mass is 10.1. The molecule has 1 aliphatic heterocycles. The molecule has 0 spiro atoms. The van der Waals surface area contributed by atoms with Crippen LogP contribution in [0.2, 0.25) is 0 Å². The zero-order valence-corrected chi connectivity index (χ0v) is 31.0. The van der Waals surface area contributed by atoms with E-state index in [4.69, 9.17) is 49.6 Å². The van der Waals surface area contributed by atoms with Gasteiger partial charge in [0.25, 0.3) is 0 Å². The van der Waals surface area contributed by atoms with E-state index in [0.717, 1.165) is 30.3 Å². The molecule has 0 aliphatic carbocycles. The second kappa shape index (κ2) is 27.0. The number of aliphatic hydroxyl groups excluding tert-OH is 4. The standard InChI is InChI=1S/C12H18O.C10H12O2.C9H12O4.C6H6O2.C4H10O2/c1-4-10(2)9-13-12-8-6-5-7-11(12)3;1-2-8-7-11-9-5-3-4-6-10(9)12-8;10-5-7(11)6-13-9-4-2-1-3-8(9)12;7-5-3-1-2-4-6(5)8;1-2-4(6)3-5/h5-8,10H,4,9H2,1-3H3;3-6,8H,2,7H2,1H3;1-4,7,10-12H,5-6H2;1-4,7-8H;4-6H,2-3H2,1H3. The predicted molar refractivity (Wildman–Crippen MR) is 203 cm³/mol. The maximum atomic E-state index is 9.23. The molecule has 52 heavy (non-hydrogen) atoms. The molecule has 4 aromatic carbocycles. The summed E-state index contributed by atoms with van der Waals surface area (Å²) in [5, 5.41) is 60.5. The van der Waals surface area contributed by atoms with Crippen molar-refractivity contribution in [2.24, 2.45) is 5.92 Å². The first kappa shape index (κ1) is 45.3. The van der Waals surface area contributed by atoms with Crippen LogP contribution >= 0.6 is 0 Å². The molecule has 0 radical (unpaired) electrons. The fourth-order valence-electron chi connectivity index (χ4n) is 3.74. The number of aliphatic hydroxyl groups is 4. The average Bonchev–Trinajstić information content (AvgIpc) is 3.18. The third-order valence-corrected chi connectivity index (χ3v) is 7.41. The van der Waals surface area contributed by atoms with E-state index in [2.05, 4.69) is 33.8 Å². The number of aryl methyl sites for hydroxylation is 1. The van der Waals surface area contributed by atoms with Crippen molar-refractivity contribution in [3.8, 4) is 40.2 Å². The van der Waals surface area contributed by atoms with Crippen molar-refractivity contribution in [3.63, 3.8) is 0 Å². The quantitative estimate of drug-likeness (QED) is 0.0826. The molecule has 288 valence electrons. The topological polar surface area (TPSA) is 179 Å². The fourth-order valence-corrected chi connectivity index (χ4v) is 3.74. The van der Waals surface area contributed by atoms with Crippen molar-refractivity contribution >= 4 is 0 Å². The first-order valence-corrected chi connectivity index (χ1v) is 17.5. The molecule has 0 fully saturated rings. The number of phenolic OH excluding ortho intramolecular Hbond substituents is 3. The van der Waals surface area contributed by atoms with Crippen molar-refractivity contribution in [2.75, 3.05) is 33.0 Å². The van der Waals surface area contributed by atoms with Crippen LogP contribution in [0, 0.1) is 12.8 Å². The molecule has 0 saturated carbocycles. The Balaban J connectivity index is 0.000000333. The molecular formula is C41H58O11. The monoisotopic (exact) mass is 726 g/mol. The summed E-state index contributed by atoms with van der Waals surface area (Å²) in [5.41, 5.74) is 1.21. The molecule has 11 heteroatoms. The molecule has 5 rings (SSSR count). The largest absolute Gasteiger partial charge is 0.504 e. The summed E-state index contributed by atoms with van der Waals surface area (Å²) < 4.78 is 21.9. The van der Waals surface area contributed by atoms with E-state index in [-0.39, 0.29) is 43.2 Å². The number of hydrogen-bond donors (Lipinski definition) is 7. The molecular weight excluding hydrogens is 668 g/mol. The summed E-state index contributed by atoms with van der Waals surface area (Å²) >= 11 is 0. The summed E-state index contributed by atoms with van der Waals surface area (Å²) in [6, 6.07) is 28.5. The molecule has 0 aromatic heterocycles. The lowest BCUT2D eigenvalue weighted by molar-refractivity contribution is 0.0527. The molecule has 7 N–H and O–H groups in total. The Bertz CT molecular complexity index is 1400. The van der Waals surface area contributed by atoms with Gasteiger partial charge in [0.2, 0.25) is 0 Å². The molecule has 4 aromatic rings. The molecule has 1 aliphatic rings. The molecule has 1 heterocycles. The Kier molecular flexibility index (Phi) is 23.6. The number of benzene rings is 4. The maximum Gasteiger partial charge on any atom is 0.161 e. The van der Waals surface area contributed by atoms with Gasteiger partial charge in [-0.15, -0.1) is 0 Å². The molecule has 0 amide bonds. The number of hydrogen-bond acceptors (Lipinski definition) is 11. The highest BCUT2D eigenvalue weighted by molar-refractivity contribution is 5.41. The number of aromatic hydroxyl groups is 3. The van der Waals surface area contributed by atoms with Gasteiger partial charge in [-0.3, -0.25) is 0 Å². The van der Waals surface area contributed by atoms with Crippen molar-refractivity contribution in [1.29, 1.82) is 0 Å². The van der Waals surface area contributed by atoms with Gasteiger partial charge in [0.15, 0.2) is 34.5 Å². The van der Waals surface area contributed by atoms with Crippen molar-refractivity contribution in [2.45, 2.75) is 72.2 Å². The van der Waals surface area contributed by atoms with Crippen LogP contribution < -0.4 is 18.9 Å². The van der Waals surface area contributed by atoms with Gasteiger partial charge in [0, 0.05) is 0 Å². The molecule has 4 unspecified atom stereocenters. The smallest absolute Gasteiger partial charge is 0.161 e. The normalized spacial score (nSPS) is 14.1. The van der Waals surface area contributed by atoms with Gasteiger partial charge < -0.3 is 54.7 Å². The zero-order chi connectivity index (χ0) is 38.7. The summed E-state index contributed by atoms with van der Waals surface area (Å²) in [4.78, 5) is 0. The molecule has 4 atom stereocenters. The minimum atomic E-state index is -0.917. The highest BCUT2D eigenvalue weighted by Gasteiger charge is 2.18. The second-order valence-electron chi connectivity index (χ2n) is 11.8. The zero-order valence-electron chi connectivity index (χ0n) is 31.0. The second-order valence-corrected chi connectivity index (χ2v) is 11.8. The number of rotatable bonds is 11. The fraction of sp³-hybridized carbons (Fsp3) is 0.415. The third-order valence-electron chi connectivity index (χ3n) is 7.41. The van der Waals surface area contributed by atoms with Crippen LogP contribution in [0.1, 0.15) is 52.5 Å². The van der Waals surface area contributed by atoms with Crippen LogP contribution in [0.3, 0.4) is 0 Å². The summed E-state index contributed by atoms with van der Waals surface area (Å²) in [6.45, 7) is 11.4. The Morgan fingerprint density at radius 2 is 1.13 bits per heavy atom. The average molecular weight is 727 g/mol. The summed E-state index contributed by atoms with van der Waals surface area (Å²) in [6.07, 6.45) is 1.60. The SMILES string of the molecule is CCC(C)COc1ccccc1C.CCC(O)CO.CCC1COc2ccccc2O1.OCC(O)COc1ccccc1O.Oc1ccccc1O. The number of phenols is 3. The minimum absolute atomic E-state index is 0.0210. The minimum Gasteiger partial charge on any atom is -0.504 e. The Morgan fingerprint density at radius 3 is 1.62 bits per heavy atom. The highest BCUT2D eigenvalue weighted by Crippen LogP contribution is 2.31. The number of para-hydroxylation sites is 7. The van der Waals surface area contributed by atoms with Crippen LogP contribution in [-0.2, 0) is 0 Å². The molecule has 0 saturated heterocycles. The van der Waals surface area contributed by atoms with Gasteiger partial charge in [0.1, 0.15) is 31.2 Å². The van der Waals surface area contributed by atoms with Crippen LogP contribution in [-0.4, -0.2) is 87.1 Å². The van der Waals surface area contributed by atoms with Gasteiger partial charge in [-0.2, -0.15) is 0 Å². The lowest BCUT2D eigenvalue weighted by Gasteiger charge is -2.25. The van der Waals surface area contributed by atoms with E-state index >= 15 is 0 Å². The van der Waals surface area contributed by atoms with Crippen LogP contribution in [0.5, 0.6) is 40.2 Å². The Labute approximate surface area is 308 Å². The van der Waals surface area contributed by atoms with Crippen molar-refractivity contribution < 1.29 is 54.7 Å². The van der Waals surface area contributed by atoms with E-state index in [1.165, 1.54) is 30.2 Å². The van der Waals surface area contributed by atoms with E-state index < -0.39 is 12.2 Å². The maximum absolute atomic E-state index is 9.23. The predicted octanol–water partition coefficient (Wildman–Crippen LogP) is 6.63. The Hall–Kier alpha value is -4.68. The van der Waals surface area contributed by atoms with Gasteiger partial charge in [-0.05, 0) is 73.7 Å². The van der Waals surface area contributed by atoms with Crippen molar-refractivity contribution in [3.05, 3.63) is 103 Å². The van der Waals surface area contributed by atoms with Crippen LogP contribution in [0.25, 0.3) is 0 Å². The summed E-state index contributed by atoms with van der Waals surface area (Å²) in [5.74, 6) is 3.56. The van der Waals surface area contributed by atoms with E-state index in [1.807, 2.05) is 49.4 Å². The first-order valence-electron chi connectivity index (χ1n) is 17.5. The van der Waals surface area contributed by atoms with E-state index in [9.17, 15) is 5.11 Å². The molecule has 11 nitrogen and oxygen atoms in total. The third kappa shape index (κ3) is 19.1. The van der Waals surface area contributed by atoms with Gasteiger partial charge in [-0.1, -0.05) is 88.7 Å². The molecule has 0 bridgehead atoms. The lowest BCUT2D eigenvalue weighted by Crippen LogP contribution is -2.28. The van der Waals surface area contributed by atoms with Gasteiger partial charge in [0.05, 0.1) is 25.9 Å². The number of fused-ring (bicyclic) bond motifs is 1. The first-order chi connectivity index (χ1) is 25.0. The van der Waals surface area contributed by atoms with Gasteiger partial charge in [-0.25, -0.2) is 0 Å². The van der Waals surface area contributed by atoms with Crippen LogP contribution in [0.15, 0.2) is 97.1 Å².